The van der Waals surface area contributed by atoms with Crippen LogP contribution in [-0.4, -0.2) is 28.6 Å². The van der Waals surface area contributed by atoms with Gasteiger partial charge >= 0.3 is 0 Å². The van der Waals surface area contributed by atoms with Gasteiger partial charge in [0.25, 0.3) is 5.91 Å². The molecule has 0 atom stereocenters. The average Bonchev–Trinajstić information content (AvgIpc) is 2.85. The first-order chi connectivity index (χ1) is 9.60. The van der Waals surface area contributed by atoms with Gasteiger partial charge in [-0.2, -0.15) is 5.10 Å². The molecule has 7 nitrogen and oxygen atoms in total. The summed E-state index contributed by atoms with van der Waals surface area (Å²) in [4.78, 5) is 22.9. The Kier molecular flexibility index (Phi) is 3.99. The lowest BCUT2D eigenvalue weighted by Crippen LogP contribution is -2.18. The smallest absolute Gasteiger partial charge is 0.257 e. The van der Waals surface area contributed by atoms with Gasteiger partial charge < -0.3 is 16.4 Å². The number of para-hydroxylation sites is 1. The summed E-state index contributed by atoms with van der Waals surface area (Å²) in [5, 5.41) is 9.59. The van der Waals surface area contributed by atoms with Gasteiger partial charge in [0.1, 0.15) is 6.54 Å². The molecule has 0 aliphatic heterocycles. The fourth-order valence-electron chi connectivity index (χ4n) is 1.77. The highest BCUT2D eigenvalue weighted by Crippen LogP contribution is 2.16. The molecule has 0 bridgehead atoms. The van der Waals surface area contributed by atoms with Gasteiger partial charge in [0.15, 0.2) is 0 Å². The summed E-state index contributed by atoms with van der Waals surface area (Å²) in [6, 6.07) is 7.15. The fraction of sp³-hybridized carbons (Fsp3) is 0.154. The topological polar surface area (TPSA) is 102 Å². The van der Waals surface area contributed by atoms with Crippen molar-refractivity contribution in [1.29, 1.82) is 0 Å². The molecule has 0 saturated heterocycles. The molecular weight excluding hydrogens is 258 g/mol. The third-order valence-corrected chi connectivity index (χ3v) is 2.65. The third-order valence-electron chi connectivity index (χ3n) is 2.65. The number of hydrogen-bond acceptors (Lipinski definition) is 4. The minimum absolute atomic E-state index is 0.0248. The maximum absolute atomic E-state index is 12.1. The van der Waals surface area contributed by atoms with Crippen molar-refractivity contribution in [2.45, 2.75) is 6.54 Å². The van der Waals surface area contributed by atoms with Crippen molar-refractivity contribution in [3.8, 4) is 0 Å². The van der Waals surface area contributed by atoms with Crippen molar-refractivity contribution in [2.75, 3.05) is 17.7 Å². The van der Waals surface area contributed by atoms with E-state index < -0.39 is 5.91 Å². The predicted octanol–water partition coefficient (Wildman–Crippen LogP) is 0.662. The molecule has 0 aliphatic carbocycles. The Morgan fingerprint density at radius 3 is 2.80 bits per heavy atom. The molecule has 1 aromatic heterocycles. The zero-order valence-corrected chi connectivity index (χ0v) is 11.0. The van der Waals surface area contributed by atoms with E-state index in [0.29, 0.717) is 11.3 Å². The Morgan fingerprint density at radius 2 is 2.10 bits per heavy atom. The van der Waals surface area contributed by atoms with Crippen molar-refractivity contribution in [1.82, 2.24) is 9.78 Å². The zero-order valence-electron chi connectivity index (χ0n) is 11.0. The van der Waals surface area contributed by atoms with Crippen LogP contribution in [-0.2, 0) is 11.3 Å². The normalized spacial score (nSPS) is 10.1. The molecule has 1 heterocycles. The maximum atomic E-state index is 12.1. The molecule has 104 valence electrons. The molecule has 0 fully saturated rings. The predicted molar refractivity (Wildman–Crippen MR) is 75.4 cm³/mol. The van der Waals surface area contributed by atoms with Gasteiger partial charge in [-0.3, -0.25) is 14.3 Å². The second-order valence-electron chi connectivity index (χ2n) is 4.14. The van der Waals surface area contributed by atoms with Gasteiger partial charge in [-0.25, -0.2) is 0 Å². The van der Waals surface area contributed by atoms with E-state index in [0.717, 1.165) is 5.69 Å². The van der Waals surface area contributed by atoms with Crippen LogP contribution in [0.4, 0.5) is 11.4 Å². The number of aromatic nitrogens is 2. The molecular formula is C13H15N5O2. The monoisotopic (exact) mass is 273 g/mol. The highest BCUT2D eigenvalue weighted by molar-refractivity contribution is 6.07. The van der Waals surface area contributed by atoms with E-state index in [-0.39, 0.29) is 12.5 Å². The summed E-state index contributed by atoms with van der Waals surface area (Å²) < 4.78 is 1.36. The van der Waals surface area contributed by atoms with E-state index in [1.807, 2.05) is 12.1 Å². The van der Waals surface area contributed by atoms with Crippen molar-refractivity contribution < 1.29 is 9.59 Å². The lowest BCUT2D eigenvalue weighted by molar-refractivity contribution is -0.118. The van der Waals surface area contributed by atoms with Gasteiger partial charge in [-0.1, -0.05) is 12.1 Å². The number of amides is 2. The van der Waals surface area contributed by atoms with Crippen LogP contribution in [0.5, 0.6) is 0 Å². The maximum Gasteiger partial charge on any atom is 0.257 e. The molecule has 4 N–H and O–H groups in total. The quantitative estimate of drug-likeness (QED) is 0.744. The summed E-state index contributed by atoms with van der Waals surface area (Å²) in [5.41, 5.74) is 6.83. The highest BCUT2D eigenvalue weighted by atomic mass is 16.2. The molecule has 2 amide bonds. The van der Waals surface area contributed by atoms with Gasteiger partial charge in [-0.15, -0.1) is 0 Å². The summed E-state index contributed by atoms with van der Waals surface area (Å²) in [7, 11) is 1.75. The number of primary amides is 1. The van der Waals surface area contributed by atoms with Crippen LogP contribution < -0.4 is 16.4 Å². The average molecular weight is 273 g/mol. The van der Waals surface area contributed by atoms with Crippen LogP contribution in [0.1, 0.15) is 10.4 Å². The summed E-state index contributed by atoms with van der Waals surface area (Å²) >= 11 is 0. The molecule has 1 aromatic carbocycles. The van der Waals surface area contributed by atoms with E-state index in [9.17, 15) is 9.59 Å². The summed E-state index contributed by atoms with van der Waals surface area (Å²) in [6.45, 7) is -0.0248. The second-order valence-corrected chi connectivity index (χ2v) is 4.14. The molecule has 2 rings (SSSR count). The molecule has 0 radical (unpaired) electrons. The number of anilines is 2. The van der Waals surface area contributed by atoms with E-state index >= 15 is 0 Å². The minimum Gasteiger partial charge on any atom is -0.387 e. The molecule has 2 aromatic rings. The standard InChI is InChI=1S/C13H15N5O2/c1-15-11-5-3-2-4-10(11)13(20)17-9-6-16-18(7-9)8-12(14)19/h2-7,15H,8H2,1H3,(H2,14,19)(H,17,20). The van der Waals surface area contributed by atoms with E-state index in [4.69, 9.17) is 5.73 Å². The Morgan fingerprint density at radius 1 is 1.35 bits per heavy atom. The third kappa shape index (κ3) is 3.14. The SMILES string of the molecule is CNc1ccccc1C(=O)Nc1cnn(CC(N)=O)c1. The Labute approximate surface area is 115 Å². The number of benzene rings is 1. The Hall–Kier alpha value is -2.83. The number of nitrogens with one attached hydrogen (secondary N) is 2. The highest BCUT2D eigenvalue weighted by Gasteiger charge is 2.11. The van der Waals surface area contributed by atoms with Crippen LogP contribution in [0.25, 0.3) is 0 Å². The van der Waals surface area contributed by atoms with Crippen molar-refractivity contribution in [3.63, 3.8) is 0 Å². The number of nitrogens with zero attached hydrogens (tertiary/aromatic N) is 2. The number of nitrogens with two attached hydrogens (primary N) is 1. The number of rotatable bonds is 5. The van der Waals surface area contributed by atoms with Gasteiger partial charge in [-0.05, 0) is 12.1 Å². The van der Waals surface area contributed by atoms with Gasteiger partial charge in [0, 0.05) is 18.9 Å². The zero-order chi connectivity index (χ0) is 14.5. The van der Waals surface area contributed by atoms with Crippen molar-refractivity contribution in [2.24, 2.45) is 5.73 Å². The number of hydrogen-bond donors (Lipinski definition) is 3. The molecule has 0 saturated carbocycles. The minimum atomic E-state index is -0.494. The van der Waals surface area contributed by atoms with Gasteiger partial charge in [0.2, 0.25) is 5.91 Å². The van der Waals surface area contributed by atoms with E-state index in [2.05, 4.69) is 15.7 Å². The van der Waals surface area contributed by atoms with Crippen LogP contribution in [0.2, 0.25) is 0 Å². The van der Waals surface area contributed by atoms with Gasteiger partial charge in [0.05, 0.1) is 17.4 Å². The van der Waals surface area contributed by atoms with Crippen molar-refractivity contribution >= 4 is 23.2 Å². The van der Waals surface area contributed by atoms with Crippen LogP contribution in [0.15, 0.2) is 36.7 Å². The fourth-order valence-corrected chi connectivity index (χ4v) is 1.77. The lowest BCUT2D eigenvalue weighted by Gasteiger charge is -2.08. The van der Waals surface area contributed by atoms with Crippen LogP contribution in [0.3, 0.4) is 0 Å². The number of carbonyl (C=O) groups is 2. The summed E-state index contributed by atoms with van der Waals surface area (Å²) in [6.07, 6.45) is 3.01. The van der Waals surface area contributed by atoms with Crippen LogP contribution in [0, 0.1) is 0 Å². The first-order valence-corrected chi connectivity index (χ1v) is 5.99. The van der Waals surface area contributed by atoms with Crippen molar-refractivity contribution in [3.05, 3.63) is 42.2 Å². The first kappa shape index (κ1) is 13.6. The Balaban J connectivity index is 2.11. The first-order valence-electron chi connectivity index (χ1n) is 5.99. The summed E-state index contributed by atoms with van der Waals surface area (Å²) in [5.74, 6) is -0.750. The molecule has 0 unspecified atom stereocenters. The molecule has 0 aliphatic rings. The lowest BCUT2D eigenvalue weighted by atomic mass is 10.1. The van der Waals surface area contributed by atoms with Crippen LogP contribution >= 0.6 is 0 Å². The molecule has 7 heteroatoms. The molecule has 0 spiro atoms. The largest absolute Gasteiger partial charge is 0.387 e. The molecule has 20 heavy (non-hydrogen) atoms. The number of carbonyl (C=O) groups excluding carboxylic acids is 2. The van der Waals surface area contributed by atoms with E-state index in [1.165, 1.54) is 10.9 Å². The van der Waals surface area contributed by atoms with E-state index in [1.54, 1.807) is 25.4 Å². The Bertz CT molecular complexity index is 635. The second kappa shape index (κ2) is 5.87.